The highest BCUT2D eigenvalue weighted by Gasteiger charge is 2.28. The van der Waals surface area contributed by atoms with Crippen LogP contribution < -0.4 is 4.90 Å². The summed E-state index contributed by atoms with van der Waals surface area (Å²) in [5, 5.41) is 1.84. The van der Waals surface area contributed by atoms with Crippen molar-refractivity contribution in [3.63, 3.8) is 0 Å². The van der Waals surface area contributed by atoms with Crippen molar-refractivity contribution in [2.24, 2.45) is 0 Å². The number of anilines is 2. The second kappa shape index (κ2) is 6.97. The predicted octanol–water partition coefficient (Wildman–Crippen LogP) is 5.04. The van der Waals surface area contributed by atoms with Crippen LogP contribution >= 0.6 is 23.1 Å². The predicted molar refractivity (Wildman–Crippen MR) is 103 cm³/mol. The fourth-order valence-electron chi connectivity index (χ4n) is 2.81. The molecule has 0 saturated carbocycles. The molecule has 26 heavy (non-hydrogen) atoms. The number of para-hydroxylation sites is 2. The first kappa shape index (κ1) is 16.9. The van der Waals surface area contributed by atoms with Gasteiger partial charge in [-0.3, -0.25) is 9.69 Å². The van der Waals surface area contributed by atoms with Crippen molar-refractivity contribution in [3.8, 4) is 0 Å². The molecule has 0 radical (unpaired) electrons. The first-order valence-electron chi connectivity index (χ1n) is 8.05. The maximum atomic E-state index is 12.9. The Balaban J connectivity index is 1.60. The normalized spacial score (nSPS) is 12.3. The fraction of sp³-hybridized carbons (Fsp3) is 0.100. The van der Waals surface area contributed by atoms with Crippen LogP contribution in [0.15, 0.2) is 69.8 Å². The van der Waals surface area contributed by atoms with Crippen LogP contribution in [0, 0.1) is 6.92 Å². The van der Waals surface area contributed by atoms with Gasteiger partial charge in [0.15, 0.2) is 6.61 Å². The summed E-state index contributed by atoms with van der Waals surface area (Å²) in [6.07, 6.45) is 0. The molecule has 0 aliphatic carbocycles. The summed E-state index contributed by atoms with van der Waals surface area (Å²) < 4.78 is 5.29. The number of hydrogen-bond donors (Lipinski definition) is 0. The Labute approximate surface area is 159 Å². The number of ether oxygens (including phenoxy) is 1. The molecule has 0 atom stereocenters. The molecular formula is C20H15NO3S2. The topological polar surface area (TPSA) is 46.6 Å². The van der Waals surface area contributed by atoms with Gasteiger partial charge in [-0.05, 0) is 48.2 Å². The van der Waals surface area contributed by atoms with Gasteiger partial charge in [-0.1, -0.05) is 36.0 Å². The Hall–Kier alpha value is -2.57. The van der Waals surface area contributed by atoms with Crippen molar-refractivity contribution in [1.82, 2.24) is 0 Å². The average Bonchev–Trinajstić information content (AvgIpc) is 3.10. The van der Waals surface area contributed by atoms with Gasteiger partial charge in [-0.15, -0.1) is 11.3 Å². The van der Waals surface area contributed by atoms with E-state index in [0.717, 1.165) is 26.7 Å². The number of carbonyl (C=O) groups excluding carboxylic acids is 2. The number of aryl methyl sites for hydroxylation is 1. The molecule has 2 heterocycles. The number of hydrogen-bond acceptors (Lipinski definition) is 5. The largest absolute Gasteiger partial charge is 0.451 e. The van der Waals surface area contributed by atoms with Crippen LogP contribution in [-0.4, -0.2) is 18.5 Å². The summed E-state index contributed by atoms with van der Waals surface area (Å²) in [4.78, 5) is 29.3. The summed E-state index contributed by atoms with van der Waals surface area (Å²) >= 11 is 2.95. The van der Waals surface area contributed by atoms with Gasteiger partial charge in [0.05, 0.1) is 11.4 Å². The van der Waals surface area contributed by atoms with E-state index in [9.17, 15) is 9.59 Å². The third-order valence-electron chi connectivity index (χ3n) is 4.06. The Morgan fingerprint density at radius 1 is 0.962 bits per heavy atom. The van der Waals surface area contributed by atoms with Gasteiger partial charge in [0.2, 0.25) is 0 Å². The molecule has 3 aromatic rings. The molecular weight excluding hydrogens is 366 g/mol. The third-order valence-corrected chi connectivity index (χ3v) is 6.18. The number of rotatable bonds is 3. The lowest BCUT2D eigenvalue weighted by molar-refractivity contribution is -0.121. The minimum absolute atomic E-state index is 0.271. The van der Waals surface area contributed by atoms with E-state index in [1.165, 1.54) is 11.3 Å². The maximum absolute atomic E-state index is 12.9. The van der Waals surface area contributed by atoms with E-state index in [2.05, 4.69) is 0 Å². The van der Waals surface area contributed by atoms with Gasteiger partial charge in [0, 0.05) is 9.79 Å². The average molecular weight is 381 g/mol. The zero-order chi connectivity index (χ0) is 18.1. The van der Waals surface area contributed by atoms with Crippen molar-refractivity contribution in [2.45, 2.75) is 16.7 Å². The van der Waals surface area contributed by atoms with Crippen LogP contribution in [0.25, 0.3) is 0 Å². The molecule has 0 unspecified atom stereocenters. The Bertz CT molecular complexity index is 950. The summed E-state index contributed by atoms with van der Waals surface area (Å²) in [5.74, 6) is -0.730. The van der Waals surface area contributed by atoms with Crippen LogP contribution in [0.2, 0.25) is 0 Å². The van der Waals surface area contributed by atoms with E-state index in [4.69, 9.17) is 4.74 Å². The summed E-state index contributed by atoms with van der Waals surface area (Å²) in [6, 6.07) is 17.3. The molecule has 130 valence electrons. The lowest BCUT2D eigenvalue weighted by Crippen LogP contribution is -2.32. The minimum atomic E-state index is -0.459. The minimum Gasteiger partial charge on any atom is -0.451 e. The van der Waals surface area contributed by atoms with Gasteiger partial charge in [0.1, 0.15) is 4.88 Å². The molecule has 0 spiro atoms. The zero-order valence-electron chi connectivity index (χ0n) is 14.0. The van der Waals surface area contributed by atoms with E-state index >= 15 is 0 Å². The number of carbonyl (C=O) groups is 2. The lowest BCUT2D eigenvalue weighted by atomic mass is 10.2. The molecule has 0 saturated heterocycles. The van der Waals surface area contributed by atoms with Crippen LogP contribution in [0.3, 0.4) is 0 Å². The number of nitrogens with zero attached hydrogens (tertiary/aromatic N) is 1. The molecule has 4 nitrogen and oxygen atoms in total. The van der Waals surface area contributed by atoms with Crippen molar-refractivity contribution in [3.05, 3.63) is 70.4 Å². The quantitative estimate of drug-likeness (QED) is 0.596. The SMILES string of the molecule is Cc1ccsc1C(=O)OCC(=O)N1c2ccccc2Sc2ccccc21. The number of benzene rings is 2. The molecule has 0 bridgehead atoms. The fourth-order valence-corrected chi connectivity index (χ4v) is 4.69. The highest BCUT2D eigenvalue weighted by atomic mass is 32.2. The molecule has 1 aliphatic rings. The second-order valence-electron chi connectivity index (χ2n) is 5.78. The van der Waals surface area contributed by atoms with Crippen molar-refractivity contribution >= 4 is 46.3 Å². The first-order valence-corrected chi connectivity index (χ1v) is 9.75. The van der Waals surface area contributed by atoms with Crippen LogP contribution in [0.4, 0.5) is 11.4 Å². The summed E-state index contributed by atoms with van der Waals surface area (Å²) in [6.45, 7) is 1.55. The van der Waals surface area contributed by atoms with Crippen LogP contribution in [0.5, 0.6) is 0 Å². The van der Waals surface area contributed by atoms with Crippen molar-refractivity contribution in [1.29, 1.82) is 0 Å². The first-order chi connectivity index (χ1) is 12.6. The molecule has 4 rings (SSSR count). The molecule has 0 N–H and O–H groups in total. The van der Waals surface area contributed by atoms with E-state index in [-0.39, 0.29) is 12.5 Å². The summed E-state index contributed by atoms with van der Waals surface area (Å²) in [5.41, 5.74) is 2.48. The van der Waals surface area contributed by atoms with Crippen molar-refractivity contribution in [2.75, 3.05) is 11.5 Å². The van der Waals surface area contributed by atoms with Gasteiger partial charge in [0.25, 0.3) is 5.91 Å². The second-order valence-corrected chi connectivity index (χ2v) is 7.78. The van der Waals surface area contributed by atoms with Gasteiger partial charge in [-0.25, -0.2) is 4.79 Å². The van der Waals surface area contributed by atoms with Crippen molar-refractivity contribution < 1.29 is 14.3 Å². The van der Waals surface area contributed by atoms with E-state index in [1.54, 1.807) is 16.7 Å². The molecule has 1 amide bonds. The third kappa shape index (κ3) is 3.02. The van der Waals surface area contributed by atoms with Gasteiger partial charge < -0.3 is 4.74 Å². The zero-order valence-corrected chi connectivity index (χ0v) is 15.6. The monoisotopic (exact) mass is 381 g/mol. The maximum Gasteiger partial charge on any atom is 0.349 e. The molecule has 0 fully saturated rings. The Morgan fingerprint density at radius 3 is 2.15 bits per heavy atom. The number of amides is 1. The smallest absolute Gasteiger partial charge is 0.349 e. The number of thiophene rings is 1. The van der Waals surface area contributed by atoms with E-state index in [0.29, 0.717) is 4.88 Å². The Morgan fingerprint density at radius 2 is 1.58 bits per heavy atom. The van der Waals surface area contributed by atoms with Crippen LogP contribution in [0.1, 0.15) is 15.2 Å². The van der Waals surface area contributed by atoms with Crippen LogP contribution in [-0.2, 0) is 9.53 Å². The molecule has 1 aliphatic heterocycles. The molecule has 6 heteroatoms. The Kier molecular flexibility index (Phi) is 4.53. The lowest BCUT2D eigenvalue weighted by Gasteiger charge is -2.30. The standard InChI is InChI=1S/C20H15NO3S2/c1-13-10-11-25-19(13)20(23)24-12-18(22)21-14-6-2-4-8-16(14)26-17-9-5-3-7-15(17)21/h2-11H,12H2,1H3. The highest BCUT2D eigenvalue weighted by molar-refractivity contribution is 7.99. The van der Waals surface area contributed by atoms with Gasteiger partial charge in [-0.2, -0.15) is 0 Å². The van der Waals surface area contributed by atoms with E-state index < -0.39 is 5.97 Å². The van der Waals surface area contributed by atoms with Gasteiger partial charge >= 0.3 is 5.97 Å². The molecule has 1 aromatic heterocycles. The number of fused-ring (bicyclic) bond motifs is 2. The van der Waals surface area contributed by atoms with E-state index in [1.807, 2.05) is 66.9 Å². The highest BCUT2D eigenvalue weighted by Crippen LogP contribution is 2.47. The summed E-state index contributed by atoms with van der Waals surface area (Å²) in [7, 11) is 0. The molecule has 2 aromatic carbocycles. The number of esters is 1.